The molecule has 2 rings (SSSR count). The van der Waals surface area contributed by atoms with Crippen LogP contribution in [0.2, 0.25) is 0 Å². The van der Waals surface area contributed by atoms with E-state index in [1.165, 1.54) is 6.07 Å². The molecule has 1 heterocycles. The average molecular weight is 282 g/mol. The Kier molecular flexibility index (Phi) is 2.55. The topological polar surface area (TPSA) is 70.2 Å². The first kappa shape index (κ1) is 10.9. The van der Waals surface area contributed by atoms with Crippen LogP contribution in [-0.2, 0) is 0 Å². The van der Waals surface area contributed by atoms with Gasteiger partial charge in [0, 0.05) is 4.47 Å². The van der Waals surface area contributed by atoms with E-state index in [1.54, 1.807) is 6.07 Å². The number of aryl methyl sites for hydroxylation is 1. The van der Waals surface area contributed by atoms with E-state index in [0.717, 1.165) is 10.0 Å². The molecule has 2 aromatic rings. The number of carbonyl (C=O) groups is 1. The Labute approximate surface area is 99.0 Å². The van der Waals surface area contributed by atoms with Gasteiger partial charge in [-0.15, -0.1) is 0 Å². The molecule has 0 aliphatic carbocycles. The first-order chi connectivity index (χ1) is 7.50. The third kappa shape index (κ3) is 1.63. The van der Waals surface area contributed by atoms with Gasteiger partial charge in [0.2, 0.25) is 0 Å². The highest BCUT2D eigenvalue weighted by Crippen LogP contribution is 2.23. The Morgan fingerprint density at radius 1 is 1.44 bits per heavy atom. The Morgan fingerprint density at radius 3 is 2.75 bits per heavy atom. The van der Waals surface area contributed by atoms with Crippen molar-refractivity contribution in [2.75, 3.05) is 0 Å². The summed E-state index contributed by atoms with van der Waals surface area (Å²) in [4.78, 5) is 24.9. The zero-order chi connectivity index (χ0) is 11.9. The number of nitrogens with one attached hydrogen (secondary N) is 1. The summed E-state index contributed by atoms with van der Waals surface area (Å²) in [6, 6.07) is 4.96. The zero-order valence-electron chi connectivity index (χ0n) is 8.37. The van der Waals surface area contributed by atoms with Crippen molar-refractivity contribution < 1.29 is 9.90 Å². The molecule has 0 atom stereocenters. The highest BCUT2D eigenvalue weighted by Gasteiger charge is 2.11. The molecule has 2 N–H and O–H groups in total. The van der Waals surface area contributed by atoms with E-state index in [2.05, 4.69) is 20.9 Å². The number of benzene rings is 1. The van der Waals surface area contributed by atoms with Crippen molar-refractivity contribution in [3.63, 3.8) is 0 Å². The fourth-order valence-corrected chi connectivity index (χ4v) is 1.88. The van der Waals surface area contributed by atoms with Gasteiger partial charge in [-0.2, -0.15) is 0 Å². The van der Waals surface area contributed by atoms with Gasteiger partial charge < -0.3 is 10.1 Å². The quantitative estimate of drug-likeness (QED) is 0.843. The van der Waals surface area contributed by atoms with Gasteiger partial charge in [-0.05, 0) is 30.0 Å². The van der Waals surface area contributed by atoms with E-state index < -0.39 is 11.5 Å². The molecule has 0 spiro atoms. The number of fused-ring (bicyclic) bond motifs is 1. The summed E-state index contributed by atoms with van der Waals surface area (Å²) in [6.45, 7) is 1.85. The summed E-state index contributed by atoms with van der Waals surface area (Å²) >= 11 is 3.35. The second-order valence-corrected chi connectivity index (χ2v) is 4.31. The van der Waals surface area contributed by atoms with Crippen LogP contribution in [0.3, 0.4) is 0 Å². The molecule has 0 amide bonds. The molecule has 0 unspecified atom stereocenters. The second-order valence-electron chi connectivity index (χ2n) is 3.45. The number of rotatable bonds is 1. The normalized spacial score (nSPS) is 10.6. The van der Waals surface area contributed by atoms with Gasteiger partial charge in [0.05, 0.1) is 5.52 Å². The lowest BCUT2D eigenvalue weighted by atomic mass is 10.1. The number of halogens is 1. The van der Waals surface area contributed by atoms with Crippen LogP contribution in [0.25, 0.3) is 10.9 Å². The third-order valence-corrected chi connectivity index (χ3v) is 3.30. The minimum atomic E-state index is -1.22. The lowest BCUT2D eigenvalue weighted by Crippen LogP contribution is -2.17. The number of aromatic amines is 1. The smallest absolute Gasteiger partial charge is 0.341 e. The van der Waals surface area contributed by atoms with Crippen LogP contribution in [0.4, 0.5) is 0 Å². The van der Waals surface area contributed by atoms with Gasteiger partial charge in [-0.1, -0.05) is 22.0 Å². The molecular weight excluding hydrogens is 274 g/mol. The summed E-state index contributed by atoms with van der Waals surface area (Å²) in [5, 5.41) is 9.53. The van der Waals surface area contributed by atoms with Crippen molar-refractivity contribution in [1.82, 2.24) is 4.98 Å². The predicted molar refractivity (Wildman–Crippen MR) is 64.0 cm³/mol. The van der Waals surface area contributed by atoms with Gasteiger partial charge in [0.15, 0.2) is 0 Å². The number of H-pyrrole nitrogens is 1. The molecule has 16 heavy (non-hydrogen) atoms. The van der Waals surface area contributed by atoms with Crippen LogP contribution in [-0.4, -0.2) is 16.1 Å². The first-order valence-corrected chi connectivity index (χ1v) is 5.35. The predicted octanol–water partition coefficient (Wildman–Crippen LogP) is 2.30. The van der Waals surface area contributed by atoms with E-state index in [-0.39, 0.29) is 5.56 Å². The number of carboxylic acid groups (broad SMARTS) is 1. The molecule has 0 aliphatic heterocycles. The molecule has 4 nitrogen and oxygen atoms in total. The summed E-state index contributed by atoms with van der Waals surface area (Å²) in [6.07, 6.45) is 0. The first-order valence-electron chi connectivity index (χ1n) is 4.56. The summed E-state index contributed by atoms with van der Waals surface area (Å²) in [7, 11) is 0. The minimum Gasteiger partial charge on any atom is -0.477 e. The number of hydrogen-bond donors (Lipinski definition) is 2. The Morgan fingerprint density at radius 2 is 2.12 bits per heavy atom. The van der Waals surface area contributed by atoms with Crippen molar-refractivity contribution in [2.24, 2.45) is 0 Å². The summed E-state index contributed by atoms with van der Waals surface area (Å²) in [5.41, 5.74) is 0.714. The van der Waals surface area contributed by atoms with E-state index in [0.29, 0.717) is 10.9 Å². The monoisotopic (exact) mass is 281 g/mol. The average Bonchev–Trinajstić information content (AvgIpc) is 2.23. The van der Waals surface area contributed by atoms with E-state index in [4.69, 9.17) is 5.11 Å². The maximum atomic E-state index is 11.5. The molecule has 0 radical (unpaired) electrons. The molecule has 82 valence electrons. The Hall–Kier alpha value is -1.62. The Bertz CT molecular complexity index is 645. The van der Waals surface area contributed by atoms with Crippen molar-refractivity contribution in [3.05, 3.63) is 44.2 Å². The largest absolute Gasteiger partial charge is 0.477 e. The highest BCUT2D eigenvalue weighted by molar-refractivity contribution is 9.10. The third-order valence-electron chi connectivity index (χ3n) is 2.44. The molecule has 1 aromatic heterocycles. The molecule has 0 saturated heterocycles. The van der Waals surface area contributed by atoms with E-state index in [1.807, 2.05) is 13.0 Å². The molecule has 1 aromatic carbocycles. The van der Waals surface area contributed by atoms with E-state index in [9.17, 15) is 9.59 Å². The lowest BCUT2D eigenvalue weighted by molar-refractivity contribution is 0.0695. The molecule has 0 aliphatic rings. The van der Waals surface area contributed by atoms with Crippen molar-refractivity contribution in [2.45, 2.75) is 6.92 Å². The maximum Gasteiger partial charge on any atom is 0.341 e. The summed E-state index contributed by atoms with van der Waals surface area (Å²) < 4.78 is 0.874. The van der Waals surface area contributed by atoms with Gasteiger partial charge in [-0.25, -0.2) is 4.79 Å². The standard InChI is InChI=1S/C11H8BrNO3/c1-5-8(12)3-2-6-4-7(11(15)16)10(14)13-9(5)6/h2-4H,1H3,(H,13,14)(H,15,16). The van der Waals surface area contributed by atoms with Gasteiger partial charge in [0.25, 0.3) is 5.56 Å². The number of pyridine rings is 1. The fraction of sp³-hybridized carbons (Fsp3) is 0.0909. The number of aromatic nitrogens is 1. The maximum absolute atomic E-state index is 11.5. The zero-order valence-corrected chi connectivity index (χ0v) is 9.96. The number of carboxylic acids is 1. The van der Waals surface area contributed by atoms with E-state index >= 15 is 0 Å². The molecule has 0 bridgehead atoms. The van der Waals surface area contributed by atoms with Crippen LogP contribution in [0.15, 0.2) is 27.5 Å². The number of aromatic carboxylic acids is 1. The molecule has 5 heteroatoms. The van der Waals surface area contributed by atoms with Crippen LogP contribution in [0.1, 0.15) is 15.9 Å². The minimum absolute atomic E-state index is 0.241. The van der Waals surface area contributed by atoms with Gasteiger partial charge in [-0.3, -0.25) is 4.79 Å². The SMILES string of the molecule is Cc1c(Br)ccc2cc(C(=O)O)c(=O)[nH]c12. The van der Waals surface area contributed by atoms with Gasteiger partial charge >= 0.3 is 5.97 Å². The van der Waals surface area contributed by atoms with Gasteiger partial charge in [0.1, 0.15) is 5.56 Å². The molecule has 0 saturated carbocycles. The molecule has 0 fully saturated rings. The lowest BCUT2D eigenvalue weighted by Gasteiger charge is -2.04. The van der Waals surface area contributed by atoms with Crippen LogP contribution in [0.5, 0.6) is 0 Å². The second kappa shape index (κ2) is 3.75. The Balaban J connectivity index is 2.89. The number of hydrogen-bond acceptors (Lipinski definition) is 2. The van der Waals surface area contributed by atoms with Crippen LogP contribution >= 0.6 is 15.9 Å². The van der Waals surface area contributed by atoms with Crippen LogP contribution < -0.4 is 5.56 Å². The van der Waals surface area contributed by atoms with Crippen molar-refractivity contribution in [3.8, 4) is 0 Å². The van der Waals surface area contributed by atoms with Crippen molar-refractivity contribution >= 4 is 32.8 Å². The van der Waals surface area contributed by atoms with Crippen LogP contribution in [0, 0.1) is 6.92 Å². The van der Waals surface area contributed by atoms with Crippen molar-refractivity contribution in [1.29, 1.82) is 0 Å². The molecular formula is C11H8BrNO3. The highest BCUT2D eigenvalue weighted by atomic mass is 79.9. The fourth-order valence-electron chi connectivity index (χ4n) is 1.55. The summed E-state index contributed by atoms with van der Waals surface area (Å²) in [5.74, 6) is -1.22.